The van der Waals surface area contributed by atoms with Crippen LogP contribution in [0.3, 0.4) is 0 Å². The van der Waals surface area contributed by atoms with Crippen molar-refractivity contribution < 1.29 is 18.0 Å². The van der Waals surface area contributed by atoms with Crippen molar-refractivity contribution in [3.05, 3.63) is 53.1 Å². The van der Waals surface area contributed by atoms with Crippen LogP contribution in [-0.2, 0) is 12.7 Å². The normalized spacial score (nSPS) is 27.9. The second-order valence-corrected chi connectivity index (χ2v) is 8.81. The Labute approximate surface area is 172 Å². The summed E-state index contributed by atoms with van der Waals surface area (Å²) in [6.07, 6.45) is 0.962. The standard InChI is InChI=1S/C22H23F3N4O/c1-13-6-7-19-26-27-20(29(19)10-13)21(30)28-11-15-8-14(9-16(15)12-28)17-4-2-3-5-18(17)22(23,24)25/h2-7,13-16H,8-12H2,1H3. The Morgan fingerprint density at radius 1 is 1.07 bits per heavy atom. The Morgan fingerprint density at radius 3 is 2.47 bits per heavy atom. The van der Waals surface area contributed by atoms with Crippen molar-refractivity contribution in [3.63, 3.8) is 0 Å². The summed E-state index contributed by atoms with van der Waals surface area (Å²) < 4.78 is 42.1. The summed E-state index contributed by atoms with van der Waals surface area (Å²) >= 11 is 0. The minimum Gasteiger partial charge on any atom is -0.335 e. The highest BCUT2D eigenvalue weighted by Gasteiger charge is 2.45. The maximum atomic E-state index is 13.4. The molecule has 158 valence electrons. The van der Waals surface area contributed by atoms with Crippen LogP contribution in [0.1, 0.15) is 53.3 Å². The van der Waals surface area contributed by atoms with E-state index in [9.17, 15) is 18.0 Å². The molecule has 30 heavy (non-hydrogen) atoms. The summed E-state index contributed by atoms with van der Waals surface area (Å²) in [6.45, 7) is 3.90. The largest absolute Gasteiger partial charge is 0.416 e. The minimum atomic E-state index is -4.34. The lowest BCUT2D eigenvalue weighted by atomic mass is 9.91. The van der Waals surface area contributed by atoms with Crippen molar-refractivity contribution in [2.24, 2.45) is 17.8 Å². The van der Waals surface area contributed by atoms with Gasteiger partial charge >= 0.3 is 6.18 Å². The molecule has 3 atom stereocenters. The van der Waals surface area contributed by atoms with E-state index in [1.165, 1.54) is 12.1 Å². The van der Waals surface area contributed by atoms with Crippen LogP contribution in [0, 0.1) is 17.8 Å². The van der Waals surface area contributed by atoms with E-state index in [1.54, 1.807) is 12.1 Å². The quantitative estimate of drug-likeness (QED) is 0.736. The molecule has 2 aliphatic heterocycles. The van der Waals surface area contributed by atoms with Gasteiger partial charge in [0.15, 0.2) is 5.82 Å². The van der Waals surface area contributed by atoms with E-state index in [2.05, 4.69) is 23.2 Å². The maximum absolute atomic E-state index is 13.4. The maximum Gasteiger partial charge on any atom is 0.416 e. The van der Waals surface area contributed by atoms with Gasteiger partial charge in [0.1, 0.15) is 0 Å². The number of aromatic nitrogens is 3. The molecule has 0 radical (unpaired) electrons. The monoisotopic (exact) mass is 416 g/mol. The first-order valence-electron chi connectivity index (χ1n) is 10.4. The summed E-state index contributed by atoms with van der Waals surface area (Å²) in [5, 5.41) is 8.23. The summed E-state index contributed by atoms with van der Waals surface area (Å²) in [4.78, 5) is 14.9. The van der Waals surface area contributed by atoms with Gasteiger partial charge in [-0.05, 0) is 54.2 Å². The van der Waals surface area contributed by atoms with Crippen LogP contribution in [0.25, 0.3) is 6.08 Å². The van der Waals surface area contributed by atoms with Gasteiger partial charge in [0, 0.05) is 19.6 Å². The number of hydrogen-bond acceptors (Lipinski definition) is 3. The molecule has 3 unspecified atom stereocenters. The van der Waals surface area contributed by atoms with Crippen LogP contribution < -0.4 is 0 Å². The molecule has 1 amide bonds. The molecule has 2 aromatic rings. The van der Waals surface area contributed by atoms with Gasteiger partial charge in [0.25, 0.3) is 5.91 Å². The molecule has 2 fully saturated rings. The van der Waals surface area contributed by atoms with E-state index in [-0.39, 0.29) is 23.7 Å². The number of fused-ring (bicyclic) bond motifs is 2. The number of rotatable bonds is 2. The van der Waals surface area contributed by atoms with Crippen molar-refractivity contribution in [2.75, 3.05) is 13.1 Å². The molecule has 1 saturated carbocycles. The number of carbonyl (C=O) groups excluding carboxylic acids is 1. The minimum absolute atomic E-state index is 0.109. The Hall–Kier alpha value is -2.64. The van der Waals surface area contributed by atoms with E-state index in [1.807, 2.05) is 15.5 Å². The molecule has 5 rings (SSSR count). The molecule has 8 heteroatoms. The third kappa shape index (κ3) is 3.22. The molecule has 1 aromatic carbocycles. The van der Waals surface area contributed by atoms with Gasteiger partial charge in [-0.25, -0.2) is 0 Å². The smallest absolute Gasteiger partial charge is 0.335 e. The zero-order chi connectivity index (χ0) is 21.0. The highest BCUT2D eigenvalue weighted by molar-refractivity contribution is 5.91. The lowest BCUT2D eigenvalue weighted by molar-refractivity contribution is -0.138. The molecule has 1 aliphatic carbocycles. The molecule has 3 heterocycles. The molecule has 0 spiro atoms. The number of amides is 1. The third-order valence-corrected chi connectivity index (χ3v) is 6.76. The van der Waals surface area contributed by atoms with Crippen LogP contribution in [0.2, 0.25) is 0 Å². The highest BCUT2D eigenvalue weighted by atomic mass is 19.4. The lowest BCUT2D eigenvalue weighted by Gasteiger charge is -2.22. The Balaban J connectivity index is 1.30. The molecule has 3 aliphatic rings. The average molecular weight is 416 g/mol. The van der Waals surface area contributed by atoms with Crippen molar-refractivity contribution >= 4 is 12.0 Å². The molecule has 1 saturated heterocycles. The lowest BCUT2D eigenvalue weighted by Crippen LogP contribution is -2.33. The summed E-state index contributed by atoms with van der Waals surface area (Å²) in [5.74, 6) is 1.58. The summed E-state index contributed by atoms with van der Waals surface area (Å²) in [7, 11) is 0. The van der Waals surface area contributed by atoms with E-state index in [0.29, 0.717) is 55.6 Å². The molecule has 5 nitrogen and oxygen atoms in total. The number of halogens is 3. The molecule has 0 bridgehead atoms. The number of benzene rings is 1. The number of allylic oxidation sites excluding steroid dienone is 1. The SMILES string of the molecule is CC1C=Cc2nnc(C(=O)N3CC4CC(c5ccccc5C(F)(F)F)CC4C3)n2C1. The fraction of sp³-hybridized carbons (Fsp3) is 0.500. The molecular formula is C22H23F3N4O. The first-order valence-corrected chi connectivity index (χ1v) is 10.4. The van der Waals surface area contributed by atoms with Crippen LogP contribution in [0.4, 0.5) is 13.2 Å². The number of alkyl halides is 3. The fourth-order valence-corrected chi connectivity index (χ4v) is 5.35. The average Bonchev–Trinajstić information content (AvgIpc) is 3.39. The van der Waals surface area contributed by atoms with Gasteiger partial charge in [-0.2, -0.15) is 13.2 Å². The summed E-state index contributed by atoms with van der Waals surface area (Å²) in [6, 6.07) is 5.90. The van der Waals surface area contributed by atoms with Crippen LogP contribution in [-0.4, -0.2) is 38.7 Å². The second-order valence-electron chi connectivity index (χ2n) is 8.81. The number of nitrogens with zero attached hydrogens (tertiary/aromatic N) is 4. The third-order valence-electron chi connectivity index (χ3n) is 6.76. The number of likely N-dealkylation sites (tertiary alicyclic amines) is 1. The van der Waals surface area contributed by atoms with Crippen LogP contribution >= 0.6 is 0 Å². The Morgan fingerprint density at radius 2 is 1.77 bits per heavy atom. The first-order chi connectivity index (χ1) is 14.3. The van der Waals surface area contributed by atoms with Gasteiger partial charge in [-0.15, -0.1) is 10.2 Å². The Kier molecular flexibility index (Phi) is 4.48. The number of carbonyl (C=O) groups is 1. The van der Waals surface area contributed by atoms with Gasteiger partial charge < -0.3 is 9.47 Å². The number of hydrogen-bond donors (Lipinski definition) is 0. The Bertz CT molecular complexity index is 998. The van der Waals surface area contributed by atoms with E-state index >= 15 is 0 Å². The van der Waals surface area contributed by atoms with Crippen molar-refractivity contribution in [3.8, 4) is 0 Å². The predicted molar refractivity (Wildman–Crippen MR) is 105 cm³/mol. The molecule has 1 aromatic heterocycles. The van der Waals surface area contributed by atoms with Gasteiger partial charge in [0.2, 0.25) is 5.82 Å². The topological polar surface area (TPSA) is 51.0 Å². The predicted octanol–water partition coefficient (Wildman–Crippen LogP) is 4.23. The van der Waals surface area contributed by atoms with Gasteiger partial charge in [-0.1, -0.05) is 31.2 Å². The van der Waals surface area contributed by atoms with Gasteiger partial charge in [0.05, 0.1) is 5.56 Å². The molecule has 0 N–H and O–H groups in total. The van der Waals surface area contributed by atoms with Crippen LogP contribution in [0.15, 0.2) is 30.3 Å². The van der Waals surface area contributed by atoms with E-state index < -0.39 is 11.7 Å². The second kappa shape index (κ2) is 6.96. The zero-order valence-corrected chi connectivity index (χ0v) is 16.6. The molecular weight excluding hydrogens is 393 g/mol. The fourth-order valence-electron chi connectivity index (χ4n) is 5.35. The van der Waals surface area contributed by atoms with Crippen molar-refractivity contribution in [2.45, 2.75) is 38.4 Å². The van der Waals surface area contributed by atoms with Crippen molar-refractivity contribution in [1.82, 2.24) is 19.7 Å². The first kappa shape index (κ1) is 19.3. The summed E-state index contributed by atoms with van der Waals surface area (Å²) in [5.41, 5.74) is -0.134. The van der Waals surface area contributed by atoms with Crippen molar-refractivity contribution in [1.29, 1.82) is 0 Å². The van der Waals surface area contributed by atoms with Gasteiger partial charge in [-0.3, -0.25) is 4.79 Å². The van der Waals surface area contributed by atoms with E-state index in [4.69, 9.17) is 0 Å². The zero-order valence-electron chi connectivity index (χ0n) is 16.6. The highest BCUT2D eigenvalue weighted by Crippen LogP contribution is 2.49. The van der Waals surface area contributed by atoms with Crippen LogP contribution in [0.5, 0.6) is 0 Å². The van der Waals surface area contributed by atoms with E-state index in [0.717, 1.165) is 0 Å².